The average Bonchev–Trinajstić information content (AvgIpc) is 2.92. The second kappa shape index (κ2) is 6.02. The van der Waals surface area contributed by atoms with E-state index in [0.717, 1.165) is 26.8 Å². The fourth-order valence-corrected chi connectivity index (χ4v) is 2.26. The van der Waals surface area contributed by atoms with Crippen LogP contribution in [0.5, 0.6) is 0 Å². The van der Waals surface area contributed by atoms with E-state index in [0.29, 0.717) is 0 Å². The Morgan fingerprint density at radius 3 is 2.00 bits per heavy atom. The van der Waals surface area contributed by atoms with Gasteiger partial charge in [0.05, 0.1) is 17.1 Å². The zero-order chi connectivity index (χ0) is 13.7. The molecule has 1 aromatic heterocycles. The lowest BCUT2D eigenvalue weighted by Crippen LogP contribution is -1.73. The van der Waals surface area contributed by atoms with E-state index >= 15 is 0 Å². The molecule has 0 saturated heterocycles. The SMILES string of the molecule is C=Cc1ccc(C=Nc2cc(N=C)cc(N=C)c2)s1. The maximum atomic E-state index is 4.42. The van der Waals surface area contributed by atoms with E-state index in [-0.39, 0.29) is 0 Å². The zero-order valence-corrected chi connectivity index (χ0v) is 11.2. The quantitative estimate of drug-likeness (QED) is 0.697. The van der Waals surface area contributed by atoms with Crippen LogP contribution in [0.3, 0.4) is 0 Å². The summed E-state index contributed by atoms with van der Waals surface area (Å²) >= 11 is 1.63. The predicted octanol–water partition coefficient (Wildman–Crippen LogP) is 4.81. The molecule has 0 saturated carbocycles. The molecule has 4 heteroatoms. The fourth-order valence-electron chi connectivity index (χ4n) is 1.52. The smallest absolute Gasteiger partial charge is 0.0673 e. The highest BCUT2D eigenvalue weighted by atomic mass is 32.1. The molecule has 0 aliphatic heterocycles. The van der Waals surface area contributed by atoms with E-state index in [9.17, 15) is 0 Å². The molecule has 0 N–H and O–H groups in total. The number of aliphatic imine (C=N–C) groups is 3. The molecule has 0 radical (unpaired) electrons. The first-order chi connectivity index (χ1) is 9.25. The molecule has 19 heavy (non-hydrogen) atoms. The van der Waals surface area contributed by atoms with Crippen molar-refractivity contribution in [2.24, 2.45) is 15.0 Å². The number of nitrogens with zero attached hydrogens (tertiary/aromatic N) is 3. The van der Waals surface area contributed by atoms with E-state index in [1.807, 2.05) is 36.6 Å². The monoisotopic (exact) mass is 267 g/mol. The van der Waals surface area contributed by atoms with Gasteiger partial charge in [-0.25, -0.2) is 0 Å². The van der Waals surface area contributed by atoms with Crippen LogP contribution >= 0.6 is 11.3 Å². The molecule has 3 nitrogen and oxygen atoms in total. The molecule has 0 fully saturated rings. The first-order valence-corrected chi connectivity index (χ1v) is 6.41. The summed E-state index contributed by atoms with van der Waals surface area (Å²) in [6.07, 6.45) is 3.64. The predicted molar refractivity (Wildman–Crippen MR) is 86.5 cm³/mol. The Morgan fingerprint density at radius 2 is 1.47 bits per heavy atom. The Kier molecular flexibility index (Phi) is 4.15. The lowest BCUT2D eigenvalue weighted by molar-refractivity contribution is 1.45. The van der Waals surface area contributed by atoms with Gasteiger partial charge >= 0.3 is 0 Å². The Bertz CT molecular complexity index is 627. The molecule has 0 unspecified atom stereocenters. The van der Waals surface area contributed by atoms with E-state index in [4.69, 9.17) is 0 Å². The highest BCUT2D eigenvalue weighted by molar-refractivity contribution is 7.14. The first kappa shape index (κ1) is 13.1. The molecule has 0 aliphatic rings. The molecule has 2 aromatic rings. The van der Waals surface area contributed by atoms with Gasteiger partial charge in [-0.1, -0.05) is 12.7 Å². The molecule has 0 amide bonds. The third-order valence-corrected chi connectivity index (χ3v) is 3.46. The van der Waals surface area contributed by atoms with Crippen molar-refractivity contribution >= 4 is 54.1 Å². The van der Waals surface area contributed by atoms with Crippen LogP contribution in [0, 0.1) is 0 Å². The van der Waals surface area contributed by atoms with Crippen molar-refractivity contribution in [2.45, 2.75) is 0 Å². The highest BCUT2D eigenvalue weighted by Gasteiger charge is 1.98. The molecular weight excluding hydrogens is 254 g/mol. The lowest BCUT2D eigenvalue weighted by atomic mass is 10.2. The van der Waals surface area contributed by atoms with Gasteiger partial charge in [-0.05, 0) is 43.8 Å². The largest absolute Gasteiger partial charge is 0.265 e. The summed E-state index contributed by atoms with van der Waals surface area (Å²) < 4.78 is 0. The van der Waals surface area contributed by atoms with Crippen molar-refractivity contribution in [1.29, 1.82) is 0 Å². The van der Waals surface area contributed by atoms with Gasteiger partial charge in [-0.3, -0.25) is 15.0 Å². The van der Waals surface area contributed by atoms with Gasteiger partial charge in [0.25, 0.3) is 0 Å². The van der Waals surface area contributed by atoms with Crippen molar-refractivity contribution in [3.8, 4) is 0 Å². The summed E-state index contributed by atoms with van der Waals surface area (Å²) in [5, 5.41) is 0. The van der Waals surface area contributed by atoms with Gasteiger partial charge in [0.1, 0.15) is 0 Å². The van der Waals surface area contributed by atoms with Crippen molar-refractivity contribution in [1.82, 2.24) is 0 Å². The average molecular weight is 267 g/mol. The second-order valence-electron chi connectivity index (χ2n) is 3.73. The minimum atomic E-state index is 0.731. The minimum absolute atomic E-state index is 0.731. The van der Waals surface area contributed by atoms with Crippen LogP contribution in [0.2, 0.25) is 0 Å². The summed E-state index contributed by atoms with van der Waals surface area (Å²) in [6, 6.07) is 9.52. The summed E-state index contributed by atoms with van der Waals surface area (Å²) in [5.41, 5.74) is 2.24. The maximum Gasteiger partial charge on any atom is 0.0673 e. The van der Waals surface area contributed by atoms with Crippen molar-refractivity contribution < 1.29 is 0 Å². The Morgan fingerprint density at radius 1 is 0.895 bits per heavy atom. The topological polar surface area (TPSA) is 37.1 Å². The van der Waals surface area contributed by atoms with Crippen molar-refractivity contribution in [2.75, 3.05) is 0 Å². The van der Waals surface area contributed by atoms with Gasteiger partial charge in [-0.15, -0.1) is 11.3 Å². The van der Waals surface area contributed by atoms with Crippen LogP contribution in [-0.4, -0.2) is 19.6 Å². The maximum absolute atomic E-state index is 4.42. The van der Waals surface area contributed by atoms with Crippen LogP contribution in [0.4, 0.5) is 17.1 Å². The van der Waals surface area contributed by atoms with E-state index in [1.165, 1.54) is 0 Å². The zero-order valence-electron chi connectivity index (χ0n) is 10.4. The van der Waals surface area contributed by atoms with E-state index in [1.54, 1.807) is 17.4 Å². The van der Waals surface area contributed by atoms with E-state index in [2.05, 4.69) is 35.0 Å². The summed E-state index contributed by atoms with van der Waals surface area (Å²) in [4.78, 5) is 14.4. The third-order valence-electron chi connectivity index (χ3n) is 2.44. The first-order valence-electron chi connectivity index (χ1n) is 5.60. The van der Waals surface area contributed by atoms with Gasteiger partial charge in [0, 0.05) is 16.0 Å². The molecule has 1 aromatic carbocycles. The highest BCUT2D eigenvalue weighted by Crippen LogP contribution is 2.28. The lowest BCUT2D eigenvalue weighted by Gasteiger charge is -1.99. The van der Waals surface area contributed by atoms with Crippen LogP contribution in [0.25, 0.3) is 6.08 Å². The van der Waals surface area contributed by atoms with Gasteiger partial charge in [0.15, 0.2) is 0 Å². The number of hydrogen-bond donors (Lipinski definition) is 0. The molecular formula is C15H13N3S. The summed E-state index contributed by atoms with van der Waals surface area (Å²) in [5.74, 6) is 0. The molecule has 2 rings (SSSR count). The van der Waals surface area contributed by atoms with Crippen LogP contribution in [0.1, 0.15) is 9.75 Å². The molecule has 0 aliphatic carbocycles. The molecule has 1 heterocycles. The fraction of sp³-hybridized carbons (Fsp3) is 0. The number of hydrogen-bond acceptors (Lipinski definition) is 4. The third kappa shape index (κ3) is 3.33. The summed E-state index contributed by atoms with van der Waals surface area (Å²) in [6.45, 7) is 10.7. The standard InChI is InChI=1S/C15H13N3S/c1-4-14-5-6-15(19-14)10-18-13-8-11(16-2)7-12(9-13)17-3/h4-10H,1-3H2. The number of thiophene rings is 1. The molecule has 0 atom stereocenters. The summed E-state index contributed by atoms with van der Waals surface area (Å²) in [7, 11) is 0. The van der Waals surface area contributed by atoms with Crippen LogP contribution < -0.4 is 0 Å². The molecule has 0 spiro atoms. The number of rotatable bonds is 5. The molecule has 94 valence electrons. The van der Waals surface area contributed by atoms with Crippen LogP contribution in [0.15, 0.2) is 51.9 Å². The normalized spacial score (nSPS) is 10.5. The minimum Gasteiger partial charge on any atom is -0.265 e. The molecule has 0 bridgehead atoms. The number of benzene rings is 1. The van der Waals surface area contributed by atoms with Gasteiger partial charge in [-0.2, -0.15) is 0 Å². The van der Waals surface area contributed by atoms with Crippen LogP contribution in [-0.2, 0) is 0 Å². The van der Waals surface area contributed by atoms with E-state index < -0.39 is 0 Å². The second-order valence-corrected chi connectivity index (χ2v) is 4.87. The Labute approximate surface area is 116 Å². The van der Waals surface area contributed by atoms with Gasteiger partial charge < -0.3 is 0 Å². The van der Waals surface area contributed by atoms with Crippen molar-refractivity contribution in [3.05, 3.63) is 46.7 Å². The van der Waals surface area contributed by atoms with Gasteiger partial charge in [0.2, 0.25) is 0 Å². The van der Waals surface area contributed by atoms with Crippen molar-refractivity contribution in [3.63, 3.8) is 0 Å². The Hall–Kier alpha value is -2.33. The Balaban J connectivity index is 2.28.